The number of halogens is 4. The Morgan fingerprint density at radius 2 is 0.950 bits per heavy atom. The minimum atomic E-state index is -1.82. The molecule has 0 bridgehead atoms. The van der Waals surface area contributed by atoms with Crippen LogP contribution < -0.4 is 0 Å². The second-order valence-corrected chi connectivity index (χ2v) is 6.86. The van der Waals surface area contributed by atoms with Gasteiger partial charge in [-0.15, -0.1) is 0 Å². The molecular weight excluding hydrogens is 338 g/mol. The van der Waals surface area contributed by atoms with Crippen LogP contribution in [0.2, 0.25) is 0 Å². The van der Waals surface area contributed by atoms with Crippen molar-refractivity contribution in [1.29, 1.82) is 0 Å². The van der Waals surface area contributed by atoms with Crippen LogP contribution in [0, 0.1) is 0 Å². The maximum atomic E-state index is 12.6. The lowest BCUT2D eigenvalue weighted by atomic mass is 10.0. The highest BCUT2D eigenvalue weighted by atomic mass is 35.5. The van der Waals surface area contributed by atoms with Crippen LogP contribution in [0.1, 0.15) is 11.1 Å². The first kappa shape index (κ1) is 15.7. The first-order valence-corrected chi connectivity index (χ1v) is 7.29. The summed E-state index contributed by atoms with van der Waals surface area (Å²) in [7, 11) is 0. The van der Waals surface area contributed by atoms with E-state index in [1.807, 2.05) is 0 Å². The third-order valence-electron chi connectivity index (χ3n) is 2.84. The van der Waals surface area contributed by atoms with Gasteiger partial charge >= 0.3 is 0 Å². The van der Waals surface area contributed by atoms with Crippen LogP contribution in [0.4, 0.5) is 0 Å². The smallest absolute Gasteiger partial charge is 0.213 e. The number of ketones is 1. The summed E-state index contributed by atoms with van der Waals surface area (Å²) in [5.74, 6) is -0.700. The lowest BCUT2D eigenvalue weighted by Gasteiger charge is -2.27. The van der Waals surface area contributed by atoms with Crippen molar-refractivity contribution < 1.29 is 4.79 Å². The minimum Gasteiger partial charge on any atom is -0.292 e. The predicted molar refractivity (Wildman–Crippen MR) is 84.7 cm³/mol. The summed E-state index contributed by atoms with van der Waals surface area (Å²) < 4.78 is -3.64. The van der Waals surface area contributed by atoms with E-state index >= 15 is 0 Å². The summed E-state index contributed by atoms with van der Waals surface area (Å²) in [6, 6.07) is 17.1. The molecule has 0 heterocycles. The van der Waals surface area contributed by atoms with Crippen LogP contribution in [0.5, 0.6) is 0 Å². The molecule has 2 aromatic carbocycles. The number of carbonyl (C=O) groups excluding carboxylic acids is 1. The molecule has 0 saturated carbocycles. The van der Waals surface area contributed by atoms with E-state index in [0.717, 1.165) is 0 Å². The van der Waals surface area contributed by atoms with Crippen molar-refractivity contribution >= 4 is 52.2 Å². The van der Waals surface area contributed by atoms with Crippen LogP contribution in [-0.4, -0.2) is 5.78 Å². The van der Waals surface area contributed by atoms with Crippen LogP contribution in [-0.2, 0) is 13.5 Å². The Morgan fingerprint density at radius 3 is 1.25 bits per heavy atom. The van der Waals surface area contributed by atoms with E-state index in [4.69, 9.17) is 46.4 Å². The molecule has 0 saturated heterocycles. The van der Waals surface area contributed by atoms with Gasteiger partial charge in [-0.1, -0.05) is 107 Å². The van der Waals surface area contributed by atoms with Gasteiger partial charge < -0.3 is 0 Å². The Balaban J connectivity index is 2.40. The van der Waals surface area contributed by atoms with Gasteiger partial charge in [0.05, 0.1) is 0 Å². The topological polar surface area (TPSA) is 17.1 Å². The van der Waals surface area contributed by atoms with Crippen LogP contribution >= 0.6 is 46.4 Å². The van der Waals surface area contributed by atoms with E-state index in [-0.39, 0.29) is 0 Å². The molecular formula is C15H10Cl4O. The van der Waals surface area contributed by atoms with Gasteiger partial charge in [0.2, 0.25) is 14.4 Å². The number of hydrogen-bond acceptors (Lipinski definition) is 1. The summed E-state index contributed by atoms with van der Waals surface area (Å²) in [5, 5.41) is 0. The fourth-order valence-corrected chi connectivity index (χ4v) is 3.02. The lowest BCUT2D eigenvalue weighted by Crippen LogP contribution is -2.36. The van der Waals surface area contributed by atoms with Crippen molar-refractivity contribution in [3.8, 4) is 0 Å². The monoisotopic (exact) mass is 346 g/mol. The molecule has 2 aromatic rings. The first-order valence-electron chi connectivity index (χ1n) is 5.78. The van der Waals surface area contributed by atoms with E-state index in [2.05, 4.69) is 0 Å². The zero-order chi connectivity index (χ0) is 14.8. The number of alkyl halides is 4. The summed E-state index contributed by atoms with van der Waals surface area (Å²) in [4.78, 5) is 12.6. The van der Waals surface area contributed by atoms with E-state index in [1.165, 1.54) is 0 Å². The molecule has 0 aliphatic heterocycles. The predicted octanol–water partition coefficient (Wildman–Crippen LogP) is 5.22. The largest absolute Gasteiger partial charge is 0.292 e. The molecule has 0 aliphatic rings. The van der Waals surface area contributed by atoms with Crippen molar-refractivity contribution in [2.24, 2.45) is 0 Å². The molecule has 2 rings (SSSR count). The number of Topliss-reactive ketones (excluding diaryl/α,β-unsaturated/α-hetero) is 1. The quantitative estimate of drug-likeness (QED) is 0.693. The standard InChI is InChI=1S/C15H10Cl4O/c16-14(17,11-7-3-1-4-8-11)13(20)15(18,19)12-9-5-2-6-10-12/h1-10H. The van der Waals surface area contributed by atoms with Crippen molar-refractivity contribution in [2.75, 3.05) is 0 Å². The summed E-state index contributed by atoms with van der Waals surface area (Å²) in [6.45, 7) is 0. The minimum absolute atomic E-state index is 0.426. The Hall–Kier alpha value is -0.730. The van der Waals surface area contributed by atoms with Gasteiger partial charge in [0.25, 0.3) is 0 Å². The molecule has 0 fully saturated rings. The van der Waals surface area contributed by atoms with E-state index in [9.17, 15) is 4.79 Å². The first-order chi connectivity index (χ1) is 9.37. The van der Waals surface area contributed by atoms with Gasteiger partial charge in [0.1, 0.15) is 0 Å². The molecule has 0 spiro atoms. The van der Waals surface area contributed by atoms with Crippen LogP contribution in [0.3, 0.4) is 0 Å². The third-order valence-corrected chi connectivity index (χ3v) is 4.40. The summed E-state index contributed by atoms with van der Waals surface area (Å²) in [6.07, 6.45) is 0. The molecule has 0 radical (unpaired) electrons. The molecule has 1 nitrogen and oxygen atoms in total. The number of hydrogen-bond donors (Lipinski definition) is 0. The highest BCUT2D eigenvalue weighted by Gasteiger charge is 2.48. The number of carbonyl (C=O) groups is 1. The van der Waals surface area contributed by atoms with Gasteiger partial charge in [-0.05, 0) is 11.1 Å². The Labute approximate surface area is 137 Å². The highest BCUT2D eigenvalue weighted by molar-refractivity contribution is 6.67. The van der Waals surface area contributed by atoms with Crippen LogP contribution in [0.25, 0.3) is 0 Å². The molecule has 5 heteroatoms. The van der Waals surface area contributed by atoms with Crippen molar-refractivity contribution in [2.45, 2.75) is 8.67 Å². The fourth-order valence-electron chi connectivity index (χ4n) is 1.75. The number of benzene rings is 2. The average Bonchev–Trinajstić information content (AvgIpc) is 2.48. The summed E-state index contributed by atoms with van der Waals surface area (Å²) in [5.41, 5.74) is 0.852. The molecule has 104 valence electrons. The average molecular weight is 348 g/mol. The maximum absolute atomic E-state index is 12.6. The van der Waals surface area contributed by atoms with Crippen molar-refractivity contribution in [3.05, 3.63) is 71.8 Å². The Kier molecular flexibility index (Phi) is 4.66. The molecule has 0 aliphatic carbocycles. The maximum Gasteiger partial charge on any atom is 0.213 e. The van der Waals surface area contributed by atoms with Gasteiger partial charge in [-0.3, -0.25) is 4.79 Å². The molecule has 0 atom stereocenters. The Bertz CT molecular complexity index is 540. The van der Waals surface area contributed by atoms with Gasteiger partial charge in [0, 0.05) is 0 Å². The number of rotatable bonds is 4. The molecule has 20 heavy (non-hydrogen) atoms. The van der Waals surface area contributed by atoms with E-state index < -0.39 is 14.4 Å². The zero-order valence-corrected chi connectivity index (χ0v) is 13.2. The summed E-state index contributed by atoms with van der Waals surface area (Å²) >= 11 is 24.8. The molecule has 0 unspecified atom stereocenters. The zero-order valence-electron chi connectivity index (χ0n) is 10.2. The van der Waals surface area contributed by atoms with Crippen LogP contribution in [0.15, 0.2) is 60.7 Å². The Morgan fingerprint density at radius 1 is 0.650 bits per heavy atom. The lowest BCUT2D eigenvalue weighted by molar-refractivity contribution is -0.120. The second-order valence-electron chi connectivity index (χ2n) is 4.21. The third kappa shape index (κ3) is 2.96. The molecule has 0 amide bonds. The van der Waals surface area contributed by atoms with E-state index in [0.29, 0.717) is 11.1 Å². The van der Waals surface area contributed by atoms with Crippen molar-refractivity contribution in [3.63, 3.8) is 0 Å². The fraction of sp³-hybridized carbons (Fsp3) is 0.133. The van der Waals surface area contributed by atoms with Gasteiger partial charge in [-0.2, -0.15) is 0 Å². The van der Waals surface area contributed by atoms with Gasteiger partial charge in [-0.25, -0.2) is 0 Å². The second kappa shape index (κ2) is 5.95. The van der Waals surface area contributed by atoms with E-state index in [1.54, 1.807) is 60.7 Å². The van der Waals surface area contributed by atoms with Gasteiger partial charge in [0.15, 0.2) is 0 Å². The molecule has 0 aromatic heterocycles. The molecule has 0 N–H and O–H groups in total. The van der Waals surface area contributed by atoms with Crippen molar-refractivity contribution in [1.82, 2.24) is 0 Å². The highest BCUT2D eigenvalue weighted by Crippen LogP contribution is 2.46. The SMILES string of the molecule is O=C(C(Cl)(Cl)c1ccccc1)C(Cl)(Cl)c1ccccc1. The normalized spacial score (nSPS) is 12.2.